The lowest BCUT2D eigenvalue weighted by atomic mass is 10.1. The van der Waals surface area contributed by atoms with Crippen LogP contribution in [0.25, 0.3) is 0 Å². The van der Waals surface area contributed by atoms with Crippen molar-refractivity contribution in [2.45, 2.75) is 26.4 Å². The Morgan fingerprint density at radius 2 is 1.91 bits per heavy atom. The summed E-state index contributed by atoms with van der Waals surface area (Å²) in [5, 5.41) is 13.5. The molecule has 1 atom stereocenters. The molecule has 4 nitrogen and oxygen atoms in total. The van der Waals surface area contributed by atoms with Gasteiger partial charge in [0.2, 0.25) is 0 Å². The molecule has 116 valence electrons. The molecule has 2 rings (SSSR count). The second kappa shape index (κ2) is 7.38. The number of nitrogens with zero attached hydrogens (tertiary/aromatic N) is 1. The number of hydrogen-bond donors (Lipinski definition) is 2. The highest BCUT2D eigenvalue weighted by Gasteiger charge is 2.12. The molecule has 2 aromatic rings. The maximum absolute atomic E-state index is 12.1. The molecule has 0 bridgehead atoms. The van der Waals surface area contributed by atoms with E-state index in [0.29, 0.717) is 23.7 Å². The molecule has 0 aliphatic heterocycles. The number of carbonyl (C=O) groups is 1. The smallest absolute Gasteiger partial charge is 0.270 e. The van der Waals surface area contributed by atoms with Crippen molar-refractivity contribution in [2.24, 2.45) is 0 Å². The number of benzene rings is 1. The normalized spacial score (nSPS) is 12.0. The summed E-state index contributed by atoms with van der Waals surface area (Å²) in [5.74, 6) is -0.218. The third-order valence-corrected chi connectivity index (χ3v) is 3.66. The summed E-state index contributed by atoms with van der Waals surface area (Å²) in [7, 11) is 0. The molecule has 0 saturated carbocycles. The van der Waals surface area contributed by atoms with E-state index in [-0.39, 0.29) is 5.91 Å². The standard InChI is InChI=1S/C17H19ClN2O2/c1-11-3-4-12(2)20-16(11)17(22)19-10-9-15(21)13-5-7-14(18)8-6-13/h3-8,15,21H,9-10H2,1-2H3,(H,19,22)/t15-/m1/s1. The highest BCUT2D eigenvalue weighted by Crippen LogP contribution is 2.18. The molecule has 0 aliphatic carbocycles. The highest BCUT2D eigenvalue weighted by molar-refractivity contribution is 6.30. The van der Waals surface area contributed by atoms with E-state index < -0.39 is 6.10 Å². The number of aliphatic hydroxyl groups excluding tert-OH is 1. The first-order valence-corrected chi connectivity index (χ1v) is 7.51. The van der Waals surface area contributed by atoms with E-state index in [1.165, 1.54) is 0 Å². The number of aryl methyl sites for hydroxylation is 2. The molecular formula is C17H19ClN2O2. The van der Waals surface area contributed by atoms with Gasteiger partial charge in [-0.2, -0.15) is 0 Å². The minimum Gasteiger partial charge on any atom is -0.388 e. The van der Waals surface area contributed by atoms with Gasteiger partial charge in [-0.15, -0.1) is 0 Å². The van der Waals surface area contributed by atoms with Crippen molar-refractivity contribution in [3.63, 3.8) is 0 Å². The number of amides is 1. The van der Waals surface area contributed by atoms with Gasteiger partial charge in [-0.1, -0.05) is 29.8 Å². The molecule has 5 heteroatoms. The van der Waals surface area contributed by atoms with Crippen molar-refractivity contribution in [2.75, 3.05) is 6.54 Å². The maximum atomic E-state index is 12.1. The summed E-state index contributed by atoms with van der Waals surface area (Å²) in [5.41, 5.74) is 2.85. The number of hydrogen-bond acceptors (Lipinski definition) is 3. The first-order valence-electron chi connectivity index (χ1n) is 7.13. The van der Waals surface area contributed by atoms with E-state index in [1.807, 2.05) is 26.0 Å². The molecule has 0 aliphatic rings. The molecule has 0 unspecified atom stereocenters. The van der Waals surface area contributed by atoms with Crippen LogP contribution in [0, 0.1) is 13.8 Å². The monoisotopic (exact) mass is 318 g/mol. The summed E-state index contributed by atoms with van der Waals surface area (Å²) < 4.78 is 0. The lowest BCUT2D eigenvalue weighted by molar-refractivity contribution is 0.0937. The Morgan fingerprint density at radius 1 is 1.23 bits per heavy atom. The fraction of sp³-hybridized carbons (Fsp3) is 0.294. The summed E-state index contributed by atoms with van der Waals surface area (Å²) in [6.07, 6.45) is -0.206. The van der Waals surface area contributed by atoms with Crippen LogP contribution in [0.3, 0.4) is 0 Å². The van der Waals surface area contributed by atoms with Gasteiger partial charge in [-0.3, -0.25) is 4.79 Å². The highest BCUT2D eigenvalue weighted by atomic mass is 35.5. The van der Waals surface area contributed by atoms with Crippen molar-refractivity contribution in [1.29, 1.82) is 0 Å². The van der Waals surface area contributed by atoms with Crippen LogP contribution in [0.5, 0.6) is 0 Å². The second-order valence-electron chi connectivity index (χ2n) is 5.23. The van der Waals surface area contributed by atoms with Crippen molar-refractivity contribution in [3.05, 3.63) is 63.9 Å². The number of carbonyl (C=O) groups excluding carboxylic acids is 1. The van der Waals surface area contributed by atoms with Gasteiger partial charge in [0.1, 0.15) is 5.69 Å². The van der Waals surface area contributed by atoms with Crippen molar-refractivity contribution in [1.82, 2.24) is 10.3 Å². The molecule has 1 aromatic carbocycles. The zero-order valence-corrected chi connectivity index (χ0v) is 13.4. The van der Waals surface area contributed by atoms with Crippen LogP contribution in [0.2, 0.25) is 5.02 Å². The average Bonchev–Trinajstić information content (AvgIpc) is 2.50. The number of aliphatic hydroxyl groups is 1. The number of nitrogens with one attached hydrogen (secondary N) is 1. The van der Waals surface area contributed by atoms with Gasteiger partial charge in [-0.25, -0.2) is 4.98 Å². The topological polar surface area (TPSA) is 62.2 Å². The van der Waals surface area contributed by atoms with Crippen molar-refractivity contribution < 1.29 is 9.90 Å². The summed E-state index contributed by atoms with van der Waals surface area (Å²) in [4.78, 5) is 16.4. The fourth-order valence-electron chi connectivity index (χ4n) is 2.11. The number of halogens is 1. The van der Waals surface area contributed by atoms with Gasteiger partial charge in [0, 0.05) is 17.3 Å². The molecule has 0 radical (unpaired) electrons. The third-order valence-electron chi connectivity index (χ3n) is 3.41. The van der Waals surface area contributed by atoms with Crippen LogP contribution in [0.4, 0.5) is 0 Å². The Hall–Kier alpha value is -1.91. The van der Waals surface area contributed by atoms with Gasteiger partial charge in [0.25, 0.3) is 5.91 Å². The molecule has 2 N–H and O–H groups in total. The van der Waals surface area contributed by atoms with E-state index in [2.05, 4.69) is 10.3 Å². The van der Waals surface area contributed by atoms with Gasteiger partial charge >= 0.3 is 0 Å². The Balaban J connectivity index is 1.89. The zero-order valence-electron chi connectivity index (χ0n) is 12.6. The van der Waals surface area contributed by atoms with E-state index in [9.17, 15) is 9.90 Å². The Morgan fingerprint density at radius 3 is 2.59 bits per heavy atom. The van der Waals surface area contributed by atoms with E-state index in [1.54, 1.807) is 24.3 Å². The molecule has 1 heterocycles. The first kappa shape index (κ1) is 16.5. The quantitative estimate of drug-likeness (QED) is 0.890. The van der Waals surface area contributed by atoms with Crippen molar-refractivity contribution in [3.8, 4) is 0 Å². The fourth-order valence-corrected chi connectivity index (χ4v) is 2.24. The van der Waals surface area contributed by atoms with E-state index >= 15 is 0 Å². The van der Waals surface area contributed by atoms with Crippen LogP contribution >= 0.6 is 11.6 Å². The maximum Gasteiger partial charge on any atom is 0.270 e. The summed E-state index contributed by atoms with van der Waals surface area (Å²) in [6.45, 7) is 4.07. The predicted octanol–water partition coefficient (Wildman–Crippen LogP) is 3.21. The van der Waals surface area contributed by atoms with E-state index in [4.69, 9.17) is 11.6 Å². The van der Waals surface area contributed by atoms with Gasteiger partial charge in [-0.05, 0) is 49.6 Å². The Labute approximate surface area is 135 Å². The van der Waals surface area contributed by atoms with Crippen molar-refractivity contribution >= 4 is 17.5 Å². The minimum atomic E-state index is -0.635. The summed E-state index contributed by atoms with van der Waals surface area (Å²) in [6, 6.07) is 10.8. The van der Waals surface area contributed by atoms with Gasteiger partial charge in [0.05, 0.1) is 6.10 Å². The van der Waals surface area contributed by atoms with Crippen LogP contribution in [0.15, 0.2) is 36.4 Å². The van der Waals surface area contributed by atoms with Crippen LogP contribution in [-0.4, -0.2) is 22.5 Å². The average molecular weight is 319 g/mol. The zero-order chi connectivity index (χ0) is 16.1. The molecule has 22 heavy (non-hydrogen) atoms. The Kier molecular flexibility index (Phi) is 5.52. The first-order chi connectivity index (χ1) is 10.5. The Bertz CT molecular complexity index is 656. The SMILES string of the molecule is Cc1ccc(C)c(C(=O)NCC[C@@H](O)c2ccc(Cl)cc2)n1. The number of pyridine rings is 1. The molecule has 0 fully saturated rings. The number of aromatic nitrogens is 1. The lowest BCUT2D eigenvalue weighted by Crippen LogP contribution is -2.27. The van der Waals surface area contributed by atoms with Gasteiger partial charge in [0.15, 0.2) is 0 Å². The van der Waals surface area contributed by atoms with Gasteiger partial charge < -0.3 is 10.4 Å². The predicted molar refractivity (Wildman–Crippen MR) is 87.1 cm³/mol. The lowest BCUT2D eigenvalue weighted by Gasteiger charge is -2.12. The molecule has 0 saturated heterocycles. The summed E-state index contributed by atoms with van der Waals surface area (Å²) >= 11 is 5.81. The number of rotatable bonds is 5. The second-order valence-corrected chi connectivity index (χ2v) is 5.67. The van der Waals surface area contributed by atoms with Crippen LogP contribution in [0.1, 0.15) is 39.8 Å². The molecule has 1 amide bonds. The third kappa shape index (κ3) is 4.29. The molecular weight excluding hydrogens is 300 g/mol. The molecule has 1 aromatic heterocycles. The minimum absolute atomic E-state index is 0.218. The molecule has 0 spiro atoms. The van der Waals surface area contributed by atoms with E-state index in [0.717, 1.165) is 16.8 Å². The van der Waals surface area contributed by atoms with Crippen LogP contribution in [-0.2, 0) is 0 Å². The van der Waals surface area contributed by atoms with Crippen LogP contribution < -0.4 is 5.32 Å². The largest absolute Gasteiger partial charge is 0.388 e.